The Kier molecular flexibility index (Phi) is 3.53. The highest BCUT2D eigenvalue weighted by atomic mass is 19.1. The average Bonchev–Trinajstić information content (AvgIpc) is 2.84. The molecular weight excluding hydrogens is 293 g/mol. The van der Waals surface area contributed by atoms with Gasteiger partial charge in [0.05, 0.1) is 11.0 Å². The molecule has 0 saturated heterocycles. The molecular formula is C13H12FN5O3. The zero-order valence-corrected chi connectivity index (χ0v) is 11.4. The van der Waals surface area contributed by atoms with Crippen LogP contribution in [-0.4, -0.2) is 26.0 Å². The molecule has 0 spiro atoms. The highest BCUT2D eigenvalue weighted by Crippen LogP contribution is 2.34. The Balaban J connectivity index is 1.79. The Morgan fingerprint density at radius 1 is 1.45 bits per heavy atom. The number of carbonyl (C=O) groups is 1. The summed E-state index contributed by atoms with van der Waals surface area (Å²) >= 11 is 0. The van der Waals surface area contributed by atoms with E-state index in [4.69, 9.17) is 0 Å². The first-order chi connectivity index (χ1) is 10.5. The molecule has 0 bridgehead atoms. The van der Waals surface area contributed by atoms with Gasteiger partial charge in [0.15, 0.2) is 0 Å². The van der Waals surface area contributed by atoms with Gasteiger partial charge in [0.25, 0.3) is 11.6 Å². The van der Waals surface area contributed by atoms with E-state index in [9.17, 15) is 19.3 Å². The lowest BCUT2D eigenvalue weighted by molar-refractivity contribution is -0.385. The van der Waals surface area contributed by atoms with E-state index in [-0.39, 0.29) is 11.5 Å². The summed E-state index contributed by atoms with van der Waals surface area (Å²) in [6, 6.07) is 2.74. The molecule has 0 radical (unpaired) electrons. The van der Waals surface area contributed by atoms with E-state index in [2.05, 4.69) is 20.5 Å². The third-order valence-corrected chi connectivity index (χ3v) is 3.62. The SMILES string of the molecule is O=C(Nc1n[nH]c(C2CCC2)n1)c1ccc(F)cc1[N+](=O)[O-]. The van der Waals surface area contributed by atoms with E-state index < -0.39 is 22.3 Å². The van der Waals surface area contributed by atoms with E-state index >= 15 is 0 Å². The fourth-order valence-corrected chi connectivity index (χ4v) is 2.21. The van der Waals surface area contributed by atoms with Crippen LogP contribution in [0.2, 0.25) is 0 Å². The lowest BCUT2D eigenvalue weighted by Gasteiger charge is -2.22. The first-order valence-electron chi connectivity index (χ1n) is 6.72. The molecule has 1 aliphatic rings. The molecule has 114 valence electrons. The van der Waals surface area contributed by atoms with E-state index in [1.54, 1.807) is 0 Å². The Bertz CT molecular complexity index is 741. The van der Waals surface area contributed by atoms with E-state index in [1.165, 1.54) is 0 Å². The Morgan fingerprint density at radius 2 is 2.23 bits per heavy atom. The minimum atomic E-state index is -0.810. The van der Waals surface area contributed by atoms with Crippen molar-refractivity contribution in [2.24, 2.45) is 0 Å². The van der Waals surface area contributed by atoms with Crippen LogP contribution in [0.1, 0.15) is 41.4 Å². The number of halogens is 1. The molecule has 1 aromatic carbocycles. The molecule has 3 rings (SSSR count). The van der Waals surface area contributed by atoms with Crippen molar-refractivity contribution >= 4 is 17.5 Å². The molecule has 1 heterocycles. The minimum absolute atomic E-state index is 0.0468. The molecule has 1 aromatic heterocycles. The maximum absolute atomic E-state index is 13.1. The molecule has 1 amide bonds. The van der Waals surface area contributed by atoms with Crippen LogP contribution in [0.3, 0.4) is 0 Å². The maximum Gasteiger partial charge on any atom is 0.285 e. The summed E-state index contributed by atoms with van der Waals surface area (Å²) in [5.74, 6) is -0.488. The zero-order valence-electron chi connectivity index (χ0n) is 11.4. The molecule has 8 nitrogen and oxygen atoms in total. The van der Waals surface area contributed by atoms with Crippen molar-refractivity contribution in [3.63, 3.8) is 0 Å². The van der Waals surface area contributed by atoms with Crippen molar-refractivity contribution < 1.29 is 14.1 Å². The first-order valence-corrected chi connectivity index (χ1v) is 6.72. The van der Waals surface area contributed by atoms with Crippen molar-refractivity contribution in [1.29, 1.82) is 0 Å². The standard InChI is InChI=1S/C13H12FN5O3/c14-8-4-5-9(10(6-8)19(21)22)12(20)16-13-15-11(17-18-13)7-2-1-3-7/h4-7H,1-3H2,(H2,15,16,17,18,20). The van der Waals surface area contributed by atoms with Crippen LogP contribution in [0.5, 0.6) is 0 Å². The second kappa shape index (κ2) is 5.51. The number of H-pyrrole nitrogens is 1. The highest BCUT2D eigenvalue weighted by Gasteiger charge is 2.25. The molecule has 2 N–H and O–H groups in total. The second-order valence-electron chi connectivity index (χ2n) is 5.04. The van der Waals surface area contributed by atoms with E-state index in [1.807, 2.05) is 0 Å². The first kappa shape index (κ1) is 14.1. The smallest absolute Gasteiger partial charge is 0.285 e. The number of nitrogens with zero attached hydrogens (tertiary/aromatic N) is 3. The molecule has 1 saturated carbocycles. The molecule has 2 aromatic rings. The largest absolute Gasteiger partial charge is 0.289 e. The average molecular weight is 305 g/mol. The lowest BCUT2D eigenvalue weighted by atomic mass is 9.85. The summed E-state index contributed by atoms with van der Waals surface area (Å²) in [7, 11) is 0. The van der Waals surface area contributed by atoms with Gasteiger partial charge in [-0.3, -0.25) is 25.3 Å². The van der Waals surface area contributed by atoms with E-state index in [0.717, 1.165) is 31.4 Å². The van der Waals surface area contributed by atoms with Gasteiger partial charge in [-0.15, -0.1) is 5.10 Å². The quantitative estimate of drug-likeness (QED) is 0.665. The fraction of sp³-hybridized carbons (Fsp3) is 0.308. The number of nitro groups is 1. The number of carbonyl (C=O) groups excluding carboxylic acids is 1. The van der Waals surface area contributed by atoms with Crippen molar-refractivity contribution in [2.45, 2.75) is 25.2 Å². The number of hydrogen-bond donors (Lipinski definition) is 2. The molecule has 22 heavy (non-hydrogen) atoms. The number of hydrogen-bond acceptors (Lipinski definition) is 5. The number of nitrogens with one attached hydrogen (secondary N) is 2. The van der Waals surface area contributed by atoms with Crippen molar-refractivity contribution in [2.75, 3.05) is 5.32 Å². The number of amides is 1. The van der Waals surface area contributed by atoms with Crippen molar-refractivity contribution in [3.8, 4) is 0 Å². The van der Waals surface area contributed by atoms with Gasteiger partial charge in [0.2, 0.25) is 5.95 Å². The summed E-state index contributed by atoms with van der Waals surface area (Å²) in [4.78, 5) is 26.3. The molecule has 0 unspecified atom stereocenters. The zero-order chi connectivity index (χ0) is 15.7. The van der Waals surface area contributed by atoms with Gasteiger partial charge in [-0.25, -0.2) is 4.39 Å². The Hall–Kier alpha value is -2.84. The summed E-state index contributed by atoms with van der Waals surface area (Å²) in [6.45, 7) is 0. The number of aromatic nitrogens is 3. The second-order valence-corrected chi connectivity index (χ2v) is 5.04. The van der Waals surface area contributed by atoms with Gasteiger partial charge < -0.3 is 0 Å². The summed E-state index contributed by atoms with van der Waals surface area (Å²) in [5.41, 5.74) is -0.853. The van der Waals surface area contributed by atoms with Gasteiger partial charge in [0.1, 0.15) is 17.2 Å². The third-order valence-electron chi connectivity index (χ3n) is 3.62. The molecule has 0 atom stereocenters. The summed E-state index contributed by atoms with van der Waals surface area (Å²) in [5, 5.41) is 19.9. The number of benzene rings is 1. The van der Waals surface area contributed by atoms with Crippen LogP contribution in [0.15, 0.2) is 18.2 Å². The molecule has 0 aliphatic heterocycles. The minimum Gasteiger partial charge on any atom is -0.289 e. The van der Waals surface area contributed by atoms with Gasteiger partial charge in [-0.2, -0.15) is 4.98 Å². The van der Waals surface area contributed by atoms with Crippen molar-refractivity contribution in [3.05, 3.63) is 45.5 Å². The molecule has 1 fully saturated rings. The van der Waals surface area contributed by atoms with Gasteiger partial charge in [0, 0.05) is 5.92 Å². The topological polar surface area (TPSA) is 114 Å². The summed E-state index contributed by atoms with van der Waals surface area (Å²) in [6.07, 6.45) is 3.17. The lowest BCUT2D eigenvalue weighted by Crippen LogP contribution is -2.15. The van der Waals surface area contributed by atoms with Crippen LogP contribution >= 0.6 is 0 Å². The Morgan fingerprint density at radius 3 is 2.86 bits per heavy atom. The van der Waals surface area contributed by atoms with Crippen molar-refractivity contribution in [1.82, 2.24) is 15.2 Å². The van der Waals surface area contributed by atoms with E-state index in [0.29, 0.717) is 17.8 Å². The predicted molar refractivity (Wildman–Crippen MR) is 74.0 cm³/mol. The predicted octanol–water partition coefficient (Wildman–Crippen LogP) is 2.37. The monoisotopic (exact) mass is 305 g/mol. The van der Waals surface area contributed by atoms with Crippen LogP contribution in [0.4, 0.5) is 16.0 Å². The number of rotatable bonds is 4. The normalized spacial score (nSPS) is 14.4. The third kappa shape index (κ3) is 2.65. The van der Waals surface area contributed by atoms with Crippen LogP contribution < -0.4 is 5.32 Å². The molecule has 1 aliphatic carbocycles. The van der Waals surface area contributed by atoms with Gasteiger partial charge >= 0.3 is 0 Å². The highest BCUT2D eigenvalue weighted by molar-refractivity contribution is 6.06. The number of anilines is 1. The summed E-state index contributed by atoms with van der Waals surface area (Å²) < 4.78 is 13.1. The number of nitro benzene ring substituents is 1. The maximum atomic E-state index is 13.1. The fourth-order valence-electron chi connectivity index (χ4n) is 2.21. The number of aromatic amines is 1. The van der Waals surface area contributed by atoms with Crippen LogP contribution in [-0.2, 0) is 0 Å². The molecule has 9 heteroatoms. The van der Waals surface area contributed by atoms with Crippen LogP contribution in [0.25, 0.3) is 0 Å². The Labute approximate surface area is 123 Å². The van der Waals surface area contributed by atoms with Crippen LogP contribution in [0, 0.1) is 15.9 Å². The van der Waals surface area contributed by atoms with Gasteiger partial charge in [-0.1, -0.05) is 6.42 Å². The van der Waals surface area contributed by atoms with Gasteiger partial charge in [-0.05, 0) is 25.0 Å².